The van der Waals surface area contributed by atoms with Gasteiger partial charge in [-0.2, -0.15) is 5.26 Å². The van der Waals surface area contributed by atoms with E-state index in [1.165, 1.54) is 12.1 Å². The van der Waals surface area contributed by atoms with E-state index in [2.05, 4.69) is 28.7 Å². The lowest BCUT2D eigenvalue weighted by molar-refractivity contribution is 0.174. The van der Waals surface area contributed by atoms with Crippen molar-refractivity contribution < 1.29 is 13.5 Å². The molecule has 0 spiro atoms. The maximum atomic E-state index is 14.9. The van der Waals surface area contributed by atoms with Crippen LogP contribution in [0.1, 0.15) is 37.8 Å². The Kier molecular flexibility index (Phi) is 5.68. The van der Waals surface area contributed by atoms with Crippen molar-refractivity contribution in [2.75, 3.05) is 18.0 Å². The molecule has 1 aliphatic carbocycles. The lowest BCUT2D eigenvalue weighted by atomic mass is 9.83. The van der Waals surface area contributed by atoms with E-state index in [4.69, 9.17) is 10.00 Å². The first kappa shape index (κ1) is 22.3. The van der Waals surface area contributed by atoms with Gasteiger partial charge in [-0.05, 0) is 71.6 Å². The van der Waals surface area contributed by atoms with Gasteiger partial charge in [-0.25, -0.2) is 18.7 Å². The van der Waals surface area contributed by atoms with E-state index >= 15 is 0 Å². The molecule has 0 bridgehead atoms. The van der Waals surface area contributed by atoms with Crippen LogP contribution in [0.3, 0.4) is 0 Å². The van der Waals surface area contributed by atoms with Crippen LogP contribution in [0, 0.1) is 34.3 Å². The molecule has 2 aliphatic rings. The number of aromatic nitrogens is 2. The Morgan fingerprint density at radius 2 is 1.79 bits per heavy atom. The number of halogens is 2. The summed E-state index contributed by atoms with van der Waals surface area (Å²) < 4.78 is 35.7. The monoisotopic (exact) mass is 460 g/mol. The topological polar surface area (TPSA) is 62.0 Å². The van der Waals surface area contributed by atoms with E-state index < -0.39 is 11.6 Å². The lowest BCUT2D eigenvalue weighted by Crippen LogP contribution is -2.28. The molecule has 2 heterocycles. The molecule has 2 fully saturated rings. The molecule has 34 heavy (non-hydrogen) atoms. The molecule has 1 saturated heterocycles. The average molecular weight is 461 g/mol. The van der Waals surface area contributed by atoms with Crippen molar-refractivity contribution >= 4 is 5.95 Å². The highest BCUT2D eigenvalue weighted by Gasteiger charge is 2.51. The van der Waals surface area contributed by atoms with Gasteiger partial charge in [0.05, 0.1) is 17.7 Å². The number of anilines is 1. The summed E-state index contributed by atoms with van der Waals surface area (Å²) in [5.74, 6) is -0.668. The Morgan fingerprint density at radius 1 is 1.12 bits per heavy atom. The molecule has 3 aromatic rings. The molecule has 3 atom stereocenters. The number of nitriles is 1. The Morgan fingerprint density at radius 3 is 2.38 bits per heavy atom. The smallest absolute Gasteiger partial charge is 0.225 e. The quantitative estimate of drug-likeness (QED) is 0.500. The average Bonchev–Trinajstić information content (AvgIpc) is 3.32. The van der Waals surface area contributed by atoms with Crippen LogP contribution >= 0.6 is 0 Å². The Bertz CT molecular complexity index is 1220. The summed E-state index contributed by atoms with van der Waals surface area (Å²) in [7, 11) is 0. The van der Waals surface area contributed by atoms with Gasteiger partial charge in [-0.3, -0.25) is 0 Å². The number of hydrogen-bond acceptors (Lipinski definition) is 5. The van der Waals surface area contributed by atoms with E-state index in [0.717, 1.165) is 43.9 Å². The minimum atomic E-state index is -0.715. The first-order chi connectivity index (χ1) is 16.4. The van der Waals surface area contributed by atoms with E-state index in [9.17, 15) is 8.78 Å². The normalized spacial score (nSPS) is 23.6. The summed E-state index contributed by atoms with van der Waals surface area (Å²) in [4.78, 5) is 11.2. The largest absolute Gasteiger partial charge is 0.484 e. The second-order valence-corrected chi connectivity index (χ2v) is 9.61. The van der Waals surface area contributed by atoms with E-state index in [0.29, 0.717) is 22.6 Å². The van der Waals surface area contributed by atoms with Crippen molar-refractivity contribution in [1.82, 2.24) is 9.97 Å². The summed E-state index contributed by atoms with van der Waals surface area (Å²) >= 11 is 0. The third-order valence-electron chi connectivity index (χ3n) is 7.23. The lowest BCUT2D eigenvalue weighted by Gasteiger charge is -2.24. The molecule has 0 amide bonds. The van der Waals surface area contributed by atoms with Crippen LogP contribution in [-0.2, 0) is 6.42 Å². The fraction of sp³-hybridized carbons (Fsp3) is 0.370. The fourth-order valence-corrected chi connectivity index (χ4v) is 5.31. The van der Waals surface area contributed by atoms with E-state index in [1.807, 2.05) is 18.5 Å². The van der Waals surface area contributed by atoms with Crippen molar-refractivity contribution in [1.29, 1.82) is 5.26 Å². The summed E-state index contributed by atoms with van der Waals surface area (Å²) in [6.45, 7) is 5.89. The molecule has 1 aromatic heterocycles. The summed E-state index contributed by atoms with van der Waals surface area (Å²) in [5.41, 5.74) is 2.63. The fourth-order valence-electron chi connectivity index (χ4n) is 5.31. The molecule has 0 N–H and O–H groups in total. The molecule has 7 heteroatoms. The third kappa shape index (κ3) is 4.09. The van der Waals surface area contributed by atoms with Crippen molar-refractivity contribution in [3.8, 4) is 22.9 Å². The van der Waals surface area contributed by atoms with Crippen LogP contribution in [0.5, 0.6) is 5.75 Å². The number of rotatable bonds is 5. The predicted octanol–water partition coefficient (Wildman–Crippen LogP) is 5.54. The van der Waals surface area contributed by atoms with Gasteiger partial charge in [0, 0.05) is 25.5 Å². The standard InChI is InChI=1S/C27H26F2N4O/c1-3-17-13-31-26(32-14-17)33-15-21-10-22(11-27(21,2)16-33)34-25-23(28)8-20(9-24(25)29)19-6-4-18(12-30)5-7-19/h4-9,13-14,21-22H,3,10-11,15-16H2,1-2H3/t21?,22-,27+/m1/s1. The molecule has 174 valence electrons. The molecule has 1 aliphatic heterocycles. The number of benzene rings is 2. The second-order valence-electron chi connectivity index (χ2n) is 9.61. The Labute approximate surface area is 198 Å². The minimum Gasteiger partial charge on any atom is -0.484 e. The van der Waals surface area contributed by atoms with Gasteiger partial charge in [0.2, 0.25) is 5.95 Å². The van der Waals surface area contributed by atoms with Crippen LogP contribution in [-0.4, -0.2) is 29.2 Å². The molecule has 5 nitrogen and oxygen atoms in total. The number of nitrogens with zero attached hydrogens (tertiary/aromatic N) is 4. The molecule has 1 saturated carbocycles. The predicted molar refractivity (Wildman–Crippen MR) is 125 cm³/mol. The summed E-state index contributed by atoms with van der Waals surface area (Å²) in [5, 5.41) is 8.93. The Hall–Kier alpha value is -3.53. The SMILES string of the molecule is CCc1cnc(N2CC3C[C@@H](Oc4c(F)cc(-c5ccc(C#N)cc5)cc4F)C[C@@]3(C)C2)nc1. The van der Waals surface area contributed by atoms with Gasteiger partial charge >= 0.3 is 0 Å². The highest BCUT2D eigenvalue weighted by Crippen LogP contribution is 2.50. The van der Waals surface area contributed by atoms with Crippen molar-refractivity contribution in [3.63, 3.8) is 0 Å². The number of hydrogen-bond donors (Lipinski definition) is 0. The maximum Gasteiger partial charge on any atom is 0.225 e. The van der Waals surface area contributed by atoms with Crippen LogP contribution in [0.25, 0.3) is 11.1 Å². The van der Waals surface area contributed by atoms with E-state index in [1.54, 1.807) is 24.3 Å². The van der Waals surface area contributed by atoms with Gasteiger partial charge in [0.25, 0.3) is 0 Å². The molecule has 2 aromatic carbocycles. The van der Waals surface area contributed by atoms with Gasteiger partial charge in [0.15, 0.2) is 17.4 Å². The summed E-state index contributed by atoms with van der Waals surface area (Å²) in [6, 6.07) is 11.2. The first-order valence-electron chi connectivity index (χ1n) is 11.6. The molecular formula is C27H26F2N4O. The van der Waals surface area contributed by atoms with Gasteiger partial charge in [0.1, 0.15) is 0 Å². The van der Waals surface area contributed by atoms with Crippen LogP contribution in [0.15, 0.2) is 48.8 Å². The highest BCUT2D eigenvalue weighted by molar-refractivity contribution is 5.65. The molecule has 5 rings (SSSR count). The minimum absolute atomic E-state index is 0.0210. The van der Waals surface area contributed by atoms with Crippen LogP contribution in [0.2, 0.25) is 0 Å². The van der Waals surface area contributed by atoms with Crippen molar-refractivity contribution in [3.05, 3.63) is 71.6 Å². The molecule has 1 unspecified atom stereocenters. The second kappa shape index (κ2) is 8.68. The van der Waals surface area contributed by atoms with Crippen molar-refractivity contribution in [2.24, 2.45) is 11.3 Å². The van der Waals surface area contributed by atoms with Gasteiger partial charge in [-0.15, -0.1) is 0 Å². The zero-order valence-electron chi connectivity index (χ0n) is 19.3. The number of aryl methyl sites for hydroxylation is 1. The highest BCUT2D eigenvalue weighted by atomic mass is 19.1. The third-order valence-corrected chi connectivity index (χ3v) is 7.23. The van der Waals surface area contributed by atoms with E-state index in [-0.39, 0.29) is 17.3 Å². The van der Waals surface area contributed by atoms with Crippen molar-refractivity contribution in [2.45, 2.75) is 39.2 Å². The van der Waals surface area contributed by atoms with Crippen LogP contribution < -0.4 is 9.64 Å². The number of fused-ring (bicyclic) bond motifs is 1. The van der Waals surface area contributed by atoms with Gasteiger partial charge in [-0.1, -0.05) is 26.0 Å². The zero-order valence-corrected chi connectivity index (χ0v) is 19.3. The zero-order chi connectivity index (χ0) is 23.9. The molecule has 0 radical (unpaired) electrons. The molecular weight excluding hydrogens is 434 g/mol. The maximum absolute atomic E-state index is 14.9. The van der Waals surface area contributed by atoms with Crippen LogP contribution in [0.4, 0.5) is 14.7 Å². The van der Waals surface area contributed by atoms with Gasteiger partial charge < -0.3 is 9.64 Å². The first-order valence-corrected chi connectivity index (χ1v) is 11.6. The summed E-state index contributed by atoms with van der Waals surface area (Å²) in [6.07, 6.45) is 5.86. The number of ether oxygens (including phenoxy) is 1. The Balaban J connectivity index is 1.27.